The number of fused-ring (bicyclic) bond motifs is 1. The minimum absolute atomic E-state index is 0.00621. The Morgan fingerprint density at radius 1 is 1.00 bits per heavy atom. The maximum Gasteiger partial charge on any atom is 0.255 e. The lowest BCUT2D eigenvalue weighted by atomic mass is 9.87. The fourth-order valence-electron chi connectivity index (χ4n) is 5.13. The predicted molar refractivity (Wildman–Crippen MR) is 143 cm³/mol. The second-order valence-corrected chi connectivity index (χ2v) is 12.1. The Balaban J connectivity index is 1.37. The number of nitrogens with zero attached hydrogens (tertiary/aromatic N) is 5. The largest absolute Gasteiger partial charge is 0.368 e. The minimum Gasteiger partial charge on any atom is -0.368 e. The van der Waals surface area contributed by atoms with Crippen molar-refractivity contribution in [2.45, 2.75) is 29.8 Å². The molecule has 1 N–H and O–H groups in total. The molecule has 2 aromatic heterocycles. The summed E-state index contributed by atoms with van der Waals surface area (Å²) in [5.74, 6) is 0.913. The van der Waals surface area contributed by atoms with Gasteiger partial charge in [-0.2, -0.15) is 0 Å². The van der Waals surface area contributed by atoms with Crippen LogP contribution in [0, 0.1) is 0 Å². The van der Waals surface area contributed by atoms with E-state index >= 15 is 0 Å². The maximum atomic E-state index is 12.9. The van der Waals surface area contributed by atoms with E-state index in [4.69, 9.17) is 4.98 Å². The van der Waals surface area contributed by atoms with Crippen LogP contribution < -0.4 is 15.1 Å². The van der Waals surface area contributed by atoms with Crippen LogP contribution in [-0.4, -0.2) is 88.4 Å². The molecule has 36 heavy (non-hydrogen) atoms. The van der Waals surface area contributed by atoms with Crippen LogP contribution in [0.5, 0.6) is 0 Å². The molecule has 2 aliphatic rings. The highest BCUT2D eigenvalue weighted by molar-refractivity contribution is 7.90. The number of anilines is 2. The molecule has 1 saturated heterocycles. The zero-order valence-corrected chi connectivity index (χ0v) is 22.1. The molecule has 0 radical (unpaired) electrons. The van der Waals surface area contributed by atoms with Gasteiger partial charge in [-0.1, -0.05) is 0 Å². The Hall–Kier alpha value is -3.11. The Morgan fingerprint density at radius 3 is 2.22 bits per heavy atom. The van der Waals surface area contributed by atoms with Crippen molar-refractivity contribution >= 4 is 38.3 Å². The predicted octanol–water partition coefficient (Wildman–Crippen LogP) is 2.39. The lowest BCUT2D eigenvalue weighted by Crippen LogP contribution is -2.46. The van der Waals surface area contributed by atoms with Crippen molar-refractivity contribution < 1.29 is 13.2 Å². The summed E-state index contributed by atoms with van der Waals surface area (Å²) >= 11 is 0. The number of sulfone groups is 1. The molecule has 3 aromatic rings. The number of piperazine rings is 1. The fourth-order valence-corrected chi connectivity index (χ4v) is 5.76. The van der Waals surface area contributed by atoms with Gasteiger partial charge in [-0.05, 0) is 56.3 Å². The fraction of sp³-hybridized carbons (Fsp3) is 0.462. The van der Waals surface area contributed by atoms with Crippen molar-refractivity contribution in [1.82, 2.24) is 19.8 Å². The third-order valence-electron chi connectivity index (χ3n) is 7.45. The molecule has 3 heterocycles. The van der Waals surface area contributed by atoms with Crippen LogP contribution in [0.2, 0.25) is 0 Å². The first-order chi connectivity index (χ1) is 17.2. The third kappa shape index (κ3) is 4.55. The van der Waals surface area contributed by atoms with E-state index < -0.39 is 9.84 Å². The Bertz CT molecular complexity index is 1370. The van der Waals surface area contributed by atoms with Crippen molar-refractivity contribution in [2.24, 2.45) is 0 Å². The van der Waals surface area contributed by atoms with Crippen LogP contribution in [0.3, 0.4) is 0 Å². The number of rotatable bonds is 6. The van der Waals surface area contributed by atoms with Gasteiger partial charge in [-0.3, -0.25) is 4.79 Å². The van der Waals surface area contributed by atoms with Gasteiger partial charge >= 0.3 is 0 Å². The van der Waals surface area contributed by atoms with Gasteiger partial charge < -0.3 is 24.6 Å². The quantitative estimate of drug-likeness (QED) is 0.545. The minimum atomic E-state index is -3.20. The second kappa shape index (κ2) is 9.40. The first-order valence-corrected chi connectivity index (χ1v) is 14.3. The van der Waals surface area contributed by atoms with Gasteiger partial charge in [-0.15, -0.1) is 0 Å². The Morgan fingerprint density at radius 2 is 1.64 bits per heavy atom. The molecule has 9 nitrogen and oxygen atoms in total. The highest BCUT2D eigenvalue weighted by Gasteiger charge is 2.32. The van der Waals surface area contributed by atoms with Gasteiger partial charge in [0.25, 0.3) is 5.91 Å². The first kappa shape index (κ1) is 24.6. The number of amides is 1. The maximum absolute atomic E-state index is 12.9. The summed E-state index contributed by atoms with van der Waals surface area (Å²) < 4.78 is 25.7. The number of hydrogen-bond donors (Lipinski definition) is 1. The van der Waals surface area contributed by atoms with Gasteiger partial charge in [-0.25, -0.2) is 13.4 Å². The lowest BCUT2D eigenvalue weighted by Gasteiger charge is -2.37. The third-order valence-corrected chi connectivity index (χ3v) is 8.58. The smallest absolute Gasteiger partial charge is 0.255 e. The number of aromatic nitrogens is 2. The van der Waals surface area contributed by atoms with Gasteiger partial charge in [0.05, 0.1) is 10.5 Å². The summed E-state index contributed by atoms with van der Waals surface area (Å²) in [6, 6.07) is 12.0. The SMILES string of the molecule is CN[C@H]1C[C@@H](n2cc(C(=O)N(C)C)c3ccc(N4CCN(c5ccc(S(C)(=O)=O)cc5)CC4)nc32)C1. The van der Waals surface area contributed by atoms with E-state index in [1.165, 1.54) is 6.26 Å². The number of carbonyl (C=O) groups is 1. The monoisotopic (exact) mass is 510 g/mol. The van der Waals surface area contributed by atoms with Crippen LogP contribution in [0.4, 0.5) is 11.5 Å². The highest BCUT2D eigenvalue weighted by Crippen LogP contribution is 2.37. The molecule has 1 amide bonds. The molecule has 5 rings (SSSR count). The summed E-state index contributed by atoms with van der Waals surface area (Å²) in [5, 5.41) is 4.23. The van der Waals surface area contributed by atoms with Crippen LogP contribution >= 0.6 is 0 Å². The lowest BCUT2D eigenvalue weighted by molar-refractivity contribution is 0.0829. The first-order valence-electron chi connectivity index (χ1n) is 12.4. The molecule has 2 fully saturated rings. The summed E-state index contributed by atoms with van der Waals surface area (Å²) in [6.07, 6.45) is 5.26. The normalized spacial score (nSPS) is 20.4. The topological polar surface area (TPSA) is 90.8 Å². The Kier molecular flexibility index (Phi) is 6.42. The van der Waals surface area contributed by atoms with E-state index in [0.717, 1.165) is 61.6 Å². The summed E-state index contributed by atoms with van der Waals surface area (Å²) in [4.78, 5) is 24.4. The zero-order chi connectivity index (χ0) is 25.6. The van der Waals surface area contributed by atoms with Gasteiger partial charge in [0.15, 0.2) is 9.84 Å². The van der Waals surface area contributed by atoms with Gasteiger partial charge in [0.1, 0.15) is 11.5 Å². The molecule has 1 aliphatic carbocycles. The van der Waals surface area contributed by atoms with Crippen LogP contribution in [0.15, 0.2) is 47.5 Å². The summed E-state index contributed by atoms with van der Waals surface area (Å²) in [5.41, 5.74) is 2.59. The average Bonchev–Trinajstić information content (AvgIpc) is 3.21. The van der Waals surface area contributed by atoms with Crippen LogP contribution in [0.1, 0.15) is 29.2 Å². The summed E-state index contributed by atoms with van der Waals surface area (Å²) in [6.45, 7) is 3.25. The molecule has 0 bridgehead atoms. The second-order valence-electron chi connectivity index (χ2n) is 10.0. The standard InChI is InChI=1S/C26H34N6O3S/c1-27-18-15-20(16-18)32-17-23(26(33)29(2)3)22-9-10-24(28-25(22)32)31-13-11-30(12-14-31)19-5-7-21(8-6-19)36(4,34)35/h5-10,17-18,20,27H,11-16H2,1-4H3/t18-,20+. The van der Waals surface area contributed by atoms with Crippen molar-refractivity contribution in [3.8, 4) is 0 Å². The molecule has 0 unspecified atom stereocenters. The molecule has 0 atom stereocenters. The van der Waals surface area contributed by atoms with E-state index in [1.54, 1.807) is 31.1 Å². The van der Waals surface area contributed by atoms with Crippen molar-refractivity contribution in [1.29, 1.82) is 0 Å². The van der Waals surface area contributed by atoms with Crippen LogP contribution in [-0.2, 0) is 9.84 Å². The van der Waals surface area contributed by atoms with Crippen molar-refractivity contribution in [3.05, 3.63) is 48.2 Å². The molecule has 192 valence electrons. The summed E-state index contributed by atoms with van der Waals surface area (Å²) in [7, 11) is 2.35. The van der Waals surface area contributed by atoms with E-state index in [9.17, 15) is 13.2 Å². The van der Waals surface area contributed by atoms with Crippen molar-refractivity contribution in [3.63, 3.8) is 0 Å². The molecule has 1 aliphatic heterocycles. The Labute approximate surface area is 212 Å². The van der Waals surface area contributed by atoms with Gasteiger partial charge in [0.2, 0.25) is 0 Å². The molecule has 1 aromatic carbocycles. The van der Waals surface area contributed by atoms with E-state index in [1.807, 2.05) is 37.5 Å². The van der Waals surface area contributed by atoms with Crippen LogP contribution in [0.25, 0.3) is 11.0 Å². The van der Waals surface area contributed by atoms with E-state index in [0.29, 0.717) is 22.5 Å². The zero-order valence-electron chi connectivity index (χ0n) is 21.3. The number of hydrogen-bond acceptors (Lipinski definition) is 7. The number of benzene rings is 1. The van der Waals surface area contributed by atoms with Gasteiger partial charge in [0, 0.05) is 75.9 Å². The van der Waals surface area contributed by atoms with E-state index in [-0.39, 0.29) is 5.91 Å². The molecule has 10 heteroatoms. The highest BCUT2D eigenvalue weighted by atomic mass is 32.2. The average molecular weight is 511 g/mol. The number of pyridine rings is 1. The molecule has 1 saturated carbocycles. The molecular formula is C26H34N6O3S. The molecule has 0 spiro atoms. The number of nitrogens with one attached hydrogen (secondary N) is 1. The van der Waals surface area contributed by atoms with E-state index in [2.05, 4.69) is 19.7 Å². The van der Waals surface area contributed by atoms with Crippen molar-refractivity contribution in [2.75, 3.05) is 63.4 Å². The molecular weight excluding hydrogens is 476 g/mol. The number of carbonyl (C=O) groups excluding carboxylic acids is 1.